The molecule has 1 aliphatic rings. The van der Waals surface area contributed by atoms with Gasteiger partial charge in [-0.15, -0.1) is 0 Å². The summed E-state index contributed by atoms with van der Waals surface area (Å²) in [7, 11) is 0. The summed E-state index contributed by atoms with van der Waals surface area (Å²) in [5.41, 5.74) is 2.13. The molecule has 0 radical (unpaired) electrons. The second-order valence-electron chi connectivity index (χ2n) is 7.86. The van der Waals surface area contributed by atoms with Gasteiger partial charge in [-0.1, -0.05) is 88.5 Å². The number of anilines is 1. The Balaban J connectivity index is 2.05. The number of thiocarbonyl (C=S) groups is 1. The van der Waals surface area contributed by atoms with E-state index < -0.39 is 12.5 Å². The third-order valence-corrected chi connectivity index (χ3v) is 6.66. The predicted molar refractivity (Wildman–Crippen MR) is 134 cm³/mol. The molecule has 1 aliphatic heterocycles. The number of carbonyl (C=O) groups is 2. The number of unbranched alkanes of at least 4 members (excludes halogenated alkanes) is 6. The number of carboxylic acid groups (broad SMARTS) is 1. The van der Waals surface area contributed by atoms with Crippen LogP contribution in [0.1, 0.15) is 70.8 Å². The van der Waals surface area contributed by atoms with Crippen molar-refractivity contribution in [2.75, 3.05) is 24.5 Å². The lowest BCUT2D eigenvalue weighted by atomic mass is 10.1. The molecule has 0 atom stereocenters. The van der Waals surface area contributed by atoms with Gasteiger partial charge in [0.25, 0.3) is 5.91 Å². The molecule has 2 rings (SSSR count). The van der Waals surface area contributed by atoms with Crippen molar-refractivity contribution in [3.63, 3.8) is 0 Å². The quantitative estimate of drug-likeness (QED) is 0.210. The molecule has 0 spiro atoms. The van der Waals surface area contributed by atoms with Crippen LogP contribution in [-0.2, 0) is 9.59 Å². The van der Waals surface area contributed by atoms with Crippen molar-refractivity contribution >= 4 is 51.9 Å². The maximum atomic E-state index is 12.5. The van der Waals surface area contributed by atoms with Crippen LogP contribution < -0.4 is 4.90 Å². The maximum absolute atomic E-state index is 12.5. The molecule has 7 heteroatoms. The van der Waals surface area contributed by atoms with Gasteiger partial charge in [0.15, 0.2) is 0 Å². The first-order chi connectivity index (χ1) is 15.0. The monoisotopic (exact) mass is 462 g/mol. The summed E-state index contributed by atoms with van der Waals surface area (Å²) in [5.74, 6) is -1.41. The average molecular weight is 463 g/mol. The fourth-order valence-electron chi connectivity index (χ4n) is 3.53. The van der Waals surface area contributed by atoms with Gasteiger partial charge >= 0.3 is 5.97 Å². The number of rotatable bonds is 14. The molecule has 0 bridgehead atoms. The van der Waals surface area contributed by atoms with E-state index in [9.17, 15) is 9.59 Å². The molecular formula is C24H34N2O3S2. The summed E-state index contributed by atoms with van der Waals surface area (Å²) in [6.07, 6.45) is 11.8. The molecule has 1 saturated heterocycles. The summed E-state index contributed by atoms with van der Waals surface area (Å²) >= 11 is 6.32. The first-order valence-corrected chi connectivity index (χ1v) is 12.5. The third-order valence-electron chi connectivity index (χ3n) is 5.29. The molecule has 1 amide bonds. The van der Waals surface area contributed by atoms with Gasteiger partial charge in [-0.3, -0.25) is 14.5 Å². The number of hydrogen-bond acceptors (Lipinski definition) is 5. The number of benzene rings is 1. The summed E-state index contributed by atoms with van der Waals surface area (Å²) in [6.45, 7) is 6.21. The molecular weight excluding hydrogens is 428 g/mol. The highest BCUT2D eigenvalue weighted by atomic mass is 32.2. The highest BCUT2D eigenvalue weighted by molar-refractivity contribution is 8.26. The molecule has 1 N–H and O–H groups in total. The minimum absolute atomic E-state index is 0.292. The standard InChI is InChI=1S/C24H34N2O3S2/c1-3-5-7-9-15-25(16-10-8-6-4-2)20-13-11-19(12-14-20)17-21-23(29)26(18-22(27)28)24(30)31-21/h11-14,17H,3-10,15-16,18H2,1-2H3,(H,27,28)/b21-17-. The summed E-state index contributed by atoms with van der Waals surface area (Å²) < 4.78 is 0.292. The van der Waals surface area contributed by atoms with E-state index in [1.807, 2.05) is 12.1 Å². The number of nitrogens with zero attached hydrogens (tertiary/aromatic N) is 2. The van der Waals surface area contributed by atoms with Crippen molar-refractivity contribution in [1.82, 2.24) is 4.90 Å². The lowest BCUT2D eigenvalue weighted by Crippen LogP contribution is -2.33. The minimum Gasteiger partial charge on any atom is -0.480 e. The van der Waals surface area contributed by atoms with Crippen LogP contribution in [0, 0.1) is 0 Å². The number of aliphatic carboxylic acids is 1. The molecule has 1 heterocycles. The van der Waals surface area contributed by atoms with Crippen LogP contribution in [0.2, 0.25) is 0 Å². The van der Waals surface area contributed by atoms with E-state index in [1.54, 1.807) is 6.08 Å². The third kappa shape index (κ3) is 8.30. The highest BCUT2D eigenvalue weighted by Gasteiger charge is 2.33. The van der Waals surface area contributed by atoms with E-state index in [0.717, 1.165) is 35.3 Å². The molecule has 170 valence electrons. The van der Waals surface area contributed by atoms with Crippen molar-refractivity contribution in [3.05, 3.63) is 34.7 Å². The Morgan fingerprint density at radius 1 is 1.03 bits per heavy atom. The minimum atomic E-state index is -1.07. The number of hydrogen-bond donors (Lipinski definition) is 1. The van der Waals surface area contributed by atoms with Crippen LogP contribution in [0.3, 0.4) is 0 Å². The van der Waals surface area contributed by atoms with Gasteiger partial charge in [0, 0.05) is 18.8 Å². The van der Waals surface area contributed by atoms with E-state index in [4.69, 9.17) is 17.3 Å². The van der Waals surface area contributed by atoms with E-state index >= 15 is 0 Å². The van der Waals surface area contributed by atoms with Gasteiger partial charge in [0.2, 0.25) is 0 Å². The molecule has 5 nitrogen and oxygen atoms in total. The molecule has 0 unspecified atom stereocenters. The Labute approximate surface area is 195 Å². The molecule has 31 heavy (non-hydrogen) atoms. The van der Waals surface area contributed by atoms with E-state index in [1.165, 1.54) is 57.1 Å². The van der Waals surface area contributed by atoms with E-state index in [2.05, 4.69) is 30.9 Å². The number of amides is 1. The fourth-order valence-corrected chi connectivity index (χ4v) is 4.79. The second kappa shape index (κ2) is 13.5. The molecule has 0 aliphatic carbocycles. The largest absolute Gasteiger partial charge is 0.480 e. The maximum Gasteiger partial charge on any atom is 0.323 e. The van der Waals surface area contributed by atoms with Crippen LogP contribution in [0.5, 0.6) is 0 Å². The van der Waals surface area contributed by atoms with Crippen LogP contribution in [0.25, 0.3) is 6.08 Å². The first kappa shape index (κ1) is 25.4. The topological polar surface area (TPSA) is 60.9 Å². The van der Waals surface area contributed by atoms with Crippen LogP contribution in [-0.4, -0.2) is 45.8 Å². The van der Waals surface area contributed by atoms with Gasteiger partial charge < -0.3 is 10.0 Å². The van der Waals surface area contributed by atoms with Crippen molar-refractivity contribution in [2.45, 2.75) is 65.2 Å². The Morgan fingerprint density at radius 2 is 1.61 bits per heavy atom. The molecule has 0 saturated carbocycles. The second-order valence-corrected chi connectivity index (χ2v) is 9.54. The van der Waals surface area contributed by atoms with Crippen LogP contribution in [0.4, 0.5) is 5.69 Å². The fraction of sp³-hybridized carbons (Fsp3) is 0.542. The van der Waals surface area contributed by atoms with Crippen LogP contribution in [0.15, 0.2) is 29.2 Å². The van der Waals surface area contributed by atoms with Crippen LogP contribution >= 0.6 is 24.0 Å². The van der Waals surface area contributed by atoms with Gasteiger partial charge in [-0.2, -0.15) is 0 Å². The number of thioether (sulfide) groups is 1. The smallest absolute Gasteiger partial charge is 0.323 e. The van der Waals surface area contributed by atoms with Crippen molar-refractivity contribution in [3.8, 4) is 0 Å². The summed E-state index contributed by atoms with van der Waals surface area (Å²) in [6, 6.07) is 8.27. The summed E-state index contributed by atoms with van der Waals surface area (Å²) in [5, 5.41) is 8.96. The molecule has 0 aromatic heterocycles. The van der Waals surface area contributed by atoms with Gasteiger partial charge in [0.1, 0.15) is 10.9 Å². The van der Waals surface area contributed by atoms with Gasteiger partial charge in [-0.05, 0) is 36.6 Å². The zero-order valence-electron chi connectivity index (χ0n) is 18.6. The van der Waals surface area contributed by atoms with Gasteiger partial charge in [-0.25, -0.2) is 0 Å². The lowest BCUT2D eigenvalue weighted by Gasteiger charge is -2.25. The number of carboxylic acids is 1. The lowest BCUT2D eigenvalue weighted by molar-refractivity contribution is -0.140. The van der Waals surface area contributed by atoms with E-state index in [0.29, 0.717) is 9.23 Å². The molecule has 1 fully saturated rings. The van der Waals surface area contributed by atoms with Crippen molar-refractivity contribution < 1.29 is 14.7 Å². The number of carbonyl (C=O) groups excluding carboxylic acids is 1. The van der Waals surface area contributed by atoms with Crippen molar-refractivity contribution in [1.29, 1.82) is 0 Å². The Morgan fingerprint density at radius 3 is 2.13 bits per heavy atom. The Kier molecular flexibility index (Phi) is 11.1. The zero-order chi connectivity index (χ0) is 22.6. The normalized spacial score (nSPS) is 15.2. The predicted octanol–water partition coefficient (Wildman–Crippen LogP) is 5.94. The molecule has 1 aromatic carbocycles. The van der Waals surface area contributed by atoms with Gasteiger partial charge in [0.05, 0.1) is 4.91 Å². The van der Waals surface area contributed by atoms with Crippen molar-refractivity contribution in [2.24, 2.45) is 0 Å². The SMILES string of the molecule is CCCCCCN(CCCCCC)c1ccc(/C=C2\SC(=S)N(CC(=O)O)C2=O)cc1. The van der Waals surface area contributed by atoms with E-state index in [-0.39, 0.29) is 5.91 Å². The zero-order valence-corrected chi connectivity index (χ0v) is 20.3. The molecule has 1 aromatic rings. The summed E-state index contributed by atoms with van der Waals surface area (Å²) in [4.78, 5) is 27.5. The Hall–Kier alpha value is -1.86. The highest BCUT2D eigenvalue weighted by Crippen LogP contribution is 2.32. The average Bonchev–Trinajstić information content (AvgIpc) is 3.00. The first-order valence-electron chi connectivity index (χ1n) is 11.3. The Bertz CT molecular complexity index is 766.